The predicted octanol–water partition coefficient (Wildman–Crippen LogP) is 3.57. The molecule has 0 amide bonds. The largest absolute Gasteiger partial charge is 0.507 e. The first-order valence-corrected chi connectivity index (χ1v) is 9.36. The summed E-state index contributed by atoms with van der Waals surface area (Å²) < 4.78 is 19.1. The number of hydrogen-bond acceptors (Lipinski definition) is 6. The molecule has 0 unspecified atom stereocenters. The normalized spacial score (nSPS) is 17.6. The molecule has 1 aromatic heterocycles. The zero-order chi connectivity index (χ0) is 21.1. The molecular weight excluding hydrogens is 374 g/mol. The second kappa shape index (κ2) is 6.40. The number of methoxy groups -OCH3 is 1. The molecule has 7 nitrogen and oxygen atoms in total. The highest BCUT2D eigenvalue weighted by Gasteiger charge is 2.41. The van der Waals surface area contributed by atoms with Gasteiger partial charge in [0.1, 0.15) is 23.0 Å². The van der Waals surface area contributed by atoms with E-state index in [2.05, 4.69) is 0 Å². The average Bonchev–Trinajstić information content (AvgIpc) is 2.64. The van der Waals surface area contributed by atoms with Gasteiger partial charge in [-0.05, 0) is 26.0 Å². The van der Waals surface area contributed by atoms with Gasteiger partial charge in [0.05, 0.1) is 23.6 Å². The summed E-state index contributed by atoms with van der Waals surface area (Å²) in [5.74, 6) is -0.124. The van der Waals surface area contributed by atoms with Crippen molar-refractivity contribution in [3.8, 4) is 17.2 Å². The van der Waals surface area contributed by atoms with E-state index in [9.17, 15) is 14.7 Å². The maximum Gasteiger partial charge on any atom is 0.303 e. The molecule has 2 aromatic carbocycles. The van der Waals surface area contributed by atoms with Gasteiger partial charge in [0.25, 0.3) is 0 Å². The Morgan fingerprint density at radius 3 is 2.66 bits per heavy atom. The summed E-state index contributed by atoms with van der Waals surface area (Å²) in [6.45, 7) is 5.04. The lowest BCUT2D eigenvalue weighted by Crippen LogP contribution is -2.36. The van der Waals surface area contributed by atoms with Crippen molar-refractivity contribution >= 4 is 27.8 Å². The molecule has 3 aromatic rings. The first-order chi connectivity index (χ1) is 13.7. The second-order valence-electron chi connectivity index (χ2n) is 7.92. The topological polar surface area (TPSA) is 87.0 Å². The standard InChI is InChI=1S/C22H23NO6/c1-11(24)28-14-10-22(2,3)29-20-15(14)19(26)16-17(21(20)27-5)23(4)13-9-7-6-8-12(13)18(16)25/h6-9,14,26H,10H2,1-5H3/t14-/m1/s1. The number of phenols is 1. The molecule has 0 spiro atoms. The molecule has 1 atom stereocenters. The van der Waals surface area contributed by atoms with Crippen LogP contribution in [0.25, 0.3) is 21.8 Å². The molecule has 1 N–H and O–H groups in total. The highest BCUT2D eigenvalue weighted by molar-refractivity contribution is 6.02. The van der Waals surface area contributed by atoms with E-state index in [1.54, 1.807) is 23.7 Å². The third-order valence-corrected chi connectivity index (χ3v) is 5.36. The van der Waals surface area contributed by atoms with Gasteiger partial charge in [-0.3, -0.25) is 9.59 Å². The van der Waals surface area contributed by atoms with E-state index in [-0.39, 0.29) is 27.9 Å². The summed E-state index contributed by atoms with van der Waals surface area (Å²) >= 11 is 0. The molecule has 4 rings (SSSR count). The van der Waals surface area contributed by atoms with Crippen molar-refractivity contribution < 1.29 is 24.1 Å². The number of nitrogens with zero attached hydrogens (tertiary/aromatic N) is 1. The summed E-state index contributed by atoms with van der Waals surface area (Å²) in [4.78, 5) is 25.0. The van der Waals surface area contributed by atoms with Gasteiger partial charge in [-0.2, -0.15) is 0 Å². The van der Waals surface area contributed by atoms with E-state index in [0.29, 0.717) is 28.6 Å². The number of ether oxygens (including phenoxy) is 3. The number of benzene rings is 2. The SMILES string of the molecule is COc1c2c(c(O)c3c(=O)c4ccccc4n(C)c13)[C@H](OC(C)=O)CC(C)(C)O2. The van der Waals surface area contributed by atoms with E-state index in [4.69, 9.17) is 14.2 Å². The molecule has 0 bridgehead atoms. The number of pyridine rings is 1. The van der Waals surface area contributed by atoms with Gasteiger partial charge in [-0.15, -0.1) is 0 Å². The maximum atomic E-state index is 13.3. The van der Waals surface area contributed by atoms with Crippen molar-refractivity contribution in [2.75, 3.05) is 7.11 Å². The lowest BCUT2D eigenvalue weighted by molar-refractivity contribution is -0.150. The quantitative estimate of drug-likeness (QED) is 0.525. The number of aromatic hydroxyl groups is 1. The third-order valence-electron chi connectivity index (χ3n) is 5.36. The van der Waals surface area contributed by atoms with Gasteiger partial charge in [0.2, 0.25) is 5.43 Å². The Hall–Kier alpha value is -3.22. The molecule has 0 saturated carbocycles. The number of phenolic OH excluding ortho intramolecular Hbond substituents is 1. The number of aromatic nitrogens is 1. The fourth-order valence-corrected chi connectivity index (χ4v) is 4.20. The maximum absolute atomic E-state index is 13.3. The van der Waals surface area contributed by atoms with Crippen LogP contribution in [-0.4, -0.2) is 28.4 Å². The van der Waals surface area contributed by atoms with Gasteiger partial charge in [0, 0.05) is 25.8 Å². The number of esters is 1. The van der Waals surface area contributed by atoms with Crippen LogP contribution >= 0.6 is 0 Å². The number of fused-ring (bicyclic) bond motifs is 3. The number of aryl methyl sites for hydroxylation is 1. The van der Waals surface area contributed by atoms with Crippen LogP contribution in [0, 0.1) is 0 Å². The molecular formula is C22H23NO6. The first kappa shape index (κ1) is 19.1. The molecule has 1 aliphatic heterocycles. The third kappa shape index (κ3) is 2.80. The lowest BCUT2D eigenvalue weighted by Gasteiger charge is -2.38. The van der Waals surface area contributed by atoms with Gasteiger partial charge < -0.3 is 23.9 Å². The summed E-state index contributed by atoms with van der Waals surface area (Å²) in [7, 11) is 3.29. The molecule has 0 fully saturated rings. The summed E-state index contributed by atoms with van der Waals surface area (Å²) in [6, 6.07) is 7.16. The number of para-hydroxylation sites is 1. The Kier molecular flexibility index (Phi) is 4.22. The van der Waals surface area contributed by atoms with Crippen molar-refractivity contribution in [2.24, 2.45) is 7.05 Å². The monoisotopic (exact) mass is 397 g/mol. The number of hydrogen-bond donors (Lipinski definition) is 1. The molecule has 0 aliphatic carbocycles. The van der Waals surface area contributed by atoms with Gasteiger partial charge >= 0.3 is 5.97 Å². The minimum absolute atomic E-state index is 0.113. The molecule has 29 heavy (non-hydrogen) atoms. The average molecular weight is 397 g/mol. The van der Waals surface area contributed by atoms with Crippen molar-refractivity contribution in [2.45, 2.75) is 38.9 Å². The van der Waals surface area contributed by atoms with E-state index in [1.165, 1.54) is 14.0 Å². The second-order valence-corrected chi connectivity index (χ2v) is 7.92. The Labute approximate surface area is 167 Å². The fraction of sp³-hybridized carbons (Fsp3) is 0.364. The summed E-state index contributed by atoms with van der Waals surface area (Å²) in [5, 5.41) is 11.8. The number of carbonyl (C=O) groups excluding carboxylic acids is 1. The van der Waals surface area contributed by atoms with Gasteiger partial charge in [0.15, 0.2) is 11.5 Å². The van der Waals surface area contributed by atoms with Crippen molar-refractivity contribution in [3.05, 3.63) is 40.1 Å². The Bertz CT molecular complexity index is 1220. The smallest absolute Gasteiger partial charge is 0.303 e. The van der Waals surface area contributed by atoms with Crippen molar-refractivity contribution in [1.29, 1.82) is 0 Å². The zero-order valence-electron chi connectivity index (χ0n) is 17.0. The van der Waals surface area contributed by atoms with E-state index in [0.717, 1.165) is 0 Å². The Balaban J connectivity index is 2.22. The zero-order valence-corrected chi connectivity index (χ0v) is 17.0. The molecule has 7 heteroatoms. The first-order valence-electron chi connectivity index (χ1n) is 9.36. The summed E-state index contributed by atoms with van der Waals surface area (Å²) in [6.07, 6.45) is -0.434. The van der Waals surface area contributed by atoms with E-state index >= 15 is 0 Å². The number of carbonyl (C=O) groups is 1. The summed E-state index contributed by atoms with van der Waals surface area (Å²) in [5.41, 5.74) is 0.395. The Morgan fingerprint density at radius 2 is 2.00 bits per heavy atom. The molecule has 152 valence electrons. The van der Waals surface area contributed by atoms with Crippen LogP contribution in [0.4, 0.5) is 0 Å². The van der Waals surface area contributed by atoms with Crippen LogP contribution in [0.5, 0.6) is 17.2 Å². The van der Waals surface area contributed by atoms with Gasteiger partial charge in [-0.1, -0.05) is 12.1 Å². The van der Waals surface area contributed by atoms with Crippen LogP contribution < -0.4 is 14.9 Å². The molecule has 1 aliphatic rings. The van der Waals surface area contributed by atoms with E-state index in [1.807, 2.05) is 26.0 Å². The van der Waals surface area contributed by atoms with Crippen LogP contribution in [-0.2, 0) is 16.6 Å². The molecule has 0 radical (unpaired) electrons. The lowest BCUT2D eigenvalue weighted by atomic mass is 9.89. The van der Waals surface area contributed by atoms with Crippen LogP contribution in [0.2, 0.25) is 0 Å². The van der Waals surface area contributed by atoms with Crippen molar-refractivity contribution in [3.63, 3.8) is 0 Å². The minimum atomic E-state index is -0.763. The fourth-order valence-electron chi connectivity index (χ4n) is 4.20. The van der Waals surface area contributed by atoms with Crippen LogP contribution in [0.1, 0.15) is 38.9 Å². The van der Waals surface area contributed by atoms with Crippen LogP contribution in [0.3, 0.4) is 0 Å². The Morgan fingerprint density at radius 1 is 1.31 bits per heavy atom. The predicted molar refractivity (Wildman–Crippen MR) is 109 cm³/mol. The van der Waals surface area contributed by atoms with E-state index < -0.39 is 17.7 Å². The molecule has 0 saturated heterocycles. The molecule has 2 heterocycles. The number of rotatable bonds is 2. The van der Waals surface area contributed by atoms with Crippen LogP contribution in [0.15, 0.2) is 29.1 Å². The highest BCUT2D eigenvalue weighted by Crippen LogP contribution is 2.53. The van der Waals surface area contributed by atoms with Gasteiger partial charge in [-0.25, -0.2) is 0 Å². The minimum Gasteiger partial charge on any atom is -0.507 e. The highest BCUT2D eigenvalue weighted by atomic mass is 16.6. The van der Waals surface area contributed by atoms with Crippen molar-refractivity contribution in [1.82, 2.24) is 4.57 Å².